The molecular formula is C23H31ClN4O3. The van der Waals surface area contributed by atoms with Gasteiger partial charge < -0.3 is 25.0 Å². The van der Waals surface area contributed by atoms with Crippen molar-refractivity contribution in [2.75, 3.05) is 39.2 Å². The summed E-state index contributed by atoms with van der Waals surface area (Å²) < 4.78 is 11.3. The summed E-state index contributed by atoms with van der Waals surface area (Å²) in [6.07, 6.45) is 6.05. The number of fused-ring (bicyclic) bond motifs is 1. The van der Waals surface area contributed by atoms with Crippen molar-refractivity contribution >= 4 is 30.2 Å². The number of hydrogen-bond donors (Lipinski definition) is 2. The molecule has 0 saturated heterocycles. The average Bonchev–Trinajstić information content (AvgIpc) is 3.01. The van der Waals surface area contributed by atoms with Crippen LogP contribution in [0.3, 0.4) is 0 Å². The number of carbonyl (C=O) groups excluding carboxylic acids is 1. The van der Waals surface area contributed by atoms with Crippen LogP contribution in [0.4, 0.5) is 5.82 Å². The summed E-state index contributed by atoms with van der Waals surface area (Å²) in [6, 6.07) is 7.78. The third kappa shape index (κ3) is 6.60. The number of nitrogens with one attached hydrogen (secondary N) is 2. The third-order valence-corrected chi connectivity index (χ3v) is 4.83. The van der Waals surface area contributed by atoms with E-state index >= 15 is 0 Å². The Kier molecular flexibility index (Phi) is 9.62. The van der Waals surface area contributed by atoms with Gasteiger partial charge in [-0.05, 0) is 30.2 Å². The molecule has 0 radical (unpaired) electrons. The number of carbonyl (C=O) groups is 1. The molecular weight excluding hydrogens is 416 g/mol. The summed E-state index contributed by atoms with van der Waals surface area (Å²) in [7, 11) is 3.40. The summed E-state index contributed by atoms with van der Waals surface area (Å²) >= 11 is 0. The fraction of sp³-hybridized carbons (Fsp3) is 0.391. The fourth-order valence-electron chi connectivity index (χ4n) is 3.25. The highest BCUT2D eigenvalue weighted by molar-refractivity contribution is 5.91. The van der Waals surface area contributed by atoms with Crippen LogP contribution in [0, 0.1) is 0 Å². The summed E-state index contributed by atoms with van der Waals surface area (Å²) in [5.74, 6) is 2.18. The van der Waals surface area contributed by atoms with Crippen molar-refractivity contribution in [1.82, 2.24) is 15.2 Å². The zero-order valence-electron chi connectivity index (χ0n) is 18.3. The smallest absolute Gasteiger partial charge is 0.246 e. The zero-order chi connectivity index (χ0) is 21.3. The second-order valence-electron chi connectivity index (χ2n) is 7.20. The number of ether oxygens (including phenoxy) is 2. The van der Waals surface area contributed by atoms with Crippen LogP contribution in [0.15, 0.2) is 36.5 Å². The Morgan fingerprint density at radius 3 is 2.94 bits per heavy atom. The van der Waals surface area contributed by atoms with Crippen LogP contribution in [0.1, 0.15) is 30.0 Å². The first-order valence-electron chi connectivity index (χ1n) is 10.3. The van der Waals surface area contributed by atoms with Crippen molar-refractivity contribution < 1.29 is 14.3 Å². The number of likely N-dealkylation sites (N-methyl/N-ethyl adjacent to an activating group) is 1. The first-order valence-corrected chi connectivity index (χ1v) is 10.3. The minimum Gasteiger partial charge on any atom is -0.493 e. The van der Waals surface area contributed by atoms with Gasteiger partial charge in [0.05, 0.1) is 13.7 Å². The van der Waals surface area contributed by atoms with Gasteiger partial charge in [0.15, 0.2) is 11.5 Å². The molecule has 0 fully saturated rings. The Balaban J connectivity index is 0.00000341. The van der Waals surface area contributed by atoms with Crippen LogP contribution in [-0.4, -0.2) is 49.6 Å². The van der Waals surface area contributed by atoms with E-state index in [-0.39, 0.29) is 18.3 Å². The Morgan fingerprint density at radius 2 is 2.16 bits per heavy atom. The number of rotatable bonds is 8. The fourth-order valence-corrected chi connectivity index (χ4v) is 3.25. The zero-order valence-corrected chi connectivity index (χ0v) is 19.1. The first-order chi connectivity index (χ1) is 14.6. The van der Waals surface area contributed by atoms with Crippen molar-refractivity contribution in [2.24, 2.45) is 0 Å². The van der Waals surface area contributed by atoms with Crippen LogP contribution in [0.25, 0.3) is 6.08 Å². The van der Waals surface area contributed by atoms with E-state index in [2.05, 4.69) is 28.6 Å². The SMILES string of the molecule is CCCOc1c(CN(C)C(=O)C=Cc2cnc3c(c2)CNCCN3)cccc1OC.Cl. The minimum atomic E-state index is -0.0922. The lowest BCUT2D eigenvalue weighted by atomic mass is 10.1. The maximum absolute atomic E-state index is 12.7. The lowest BCUT2D eigenvalue weighted by Crippen LogP contribution is -2.24. The van der Waals surface area contributed by atoms with Gasteiger partial charge >= 0.3 is 0 Å². The van der Waals surface area contributed by atoms with Gasteiger partial charge in [0.1, 0.15) is 5.82 Å². The van der Waals surface area contributed by atoms with Crippen LogP contribution < -0.4 is 20.1 Å². The van der Waals surface area contributed by atoms with Gasteiger partial charge in [0, 0.05) is 56.6 Å². The lowest BCUT2D eigenvalue weighted by molar-refractivity contribution is -0.125. The molecule has 2 N–H and O–H groups in total. The Hall–Kier alpha value is -2.77. The number of pyridine rings is 1. The van der Waals surface area contributed by atoms with E-state index in [1.807, 2.05) is 18.2 Å². The maximum atomic E-state index is 12.7. The molecule has 0 aliphatic carbocycles. The van der Waals surface area contributed by atoms with Crippen molar-refractivity contribution in [3.8, 4) is 11.5 Å². The first kappa shape index (κ1) is 24.5. The molecule has 0 atom stereocenters. The molecule has 168 valence electrons. The van der Waals surface area contributed by atoms with Crippen molar-refractivity contribution in [1.29, 1.82) is 0 Å². The number of halogens is 1. The number of methoxy groups -OCH3 is 1. The molecule has 1 amide bonds. The molecule has 2 aromatic rings. The van der Waals surface area contributed by atoms with Gasteiger partial charge in [0.2, 0.25) is 5.91 Å². The van der Waals surface area contributed by atoms with Crippen LogP contribution in [-0.2, 0) is 17.9 Å². The van der Waals surface area contributed by atoms with Crippen LogP contribution in [0.5, 0.6) is 11.5 Å². The number of aromatic nitrogens is 1. The maximum Gasteiger partial charge on any atom is 0.246 e. The average molecular weight is 447 g/mol. The largest absolute Gasteiger partial charge is 0.493 e. The predicted molar refractivity (Wildman–Crippen MR) is 126 cm³/mol. The molecule has 7 nitrogen and oxygen atoms in total. The molecule has 0 bridgehead atoms. The summed E-state index contributed by atoms with van der Waals surface area (Å²) in [5, 5.41) is 6.64. The van der Waals surface area contributed by atoms with E-state index in [0.717, 1.165) is 48.6 Å². The lowest BCUT2D eigenvalue weighted by Gasteiger charge is -2.19. The van der Waals surface area contributed by atoms with Gasteiger partial charge in [-0.2, -0.15) is 0 Å². The van der Waals surface area contributed by atoms with E-state index in [1.165, 1.54) is 0 Å². The molecule has 1 aromatic heterocycles. The number of amides is 1. The number of nitrogens with zero attached hydrogens (tertiary/aromatic N) is 2. The second kappa shape index (κ2) is 12.2. The van der Waals surface area contributed by atoms with Gasteiger partial charge in [-0.15, -0.1) is 12.4 Å². The van der Waals surface area contributed by atoms with Crippen molar-refractivity contribution in [2.45, 2.75) is 26.4 Å². The van der Waals surface area contributed by atoms with E-state index in [0.29, 0.717) is 24.7 Å². The Morgan fingerprint density at radius 1 is 1.32 bits per heavy atom. The van der Waals surface area contributed by atoms with Crippen molar-refractivity contribution in [3.05, 3.63) is 53.2 Å². The highest BCUT2D eigenvalue weighted by Crippen LogP contribution is 2.32. The number of anilines is 1. The normalized spacial score (nSPS) is 12.9. The number of benzene rings is 1. The summed E-state index contributed by atoms with van der Waals surface area (Å²) in [5.41, 5.74) is 2.91. The summed E-state index contributed by atoms with van der Waals surface area (Å²) in [6.45, 7) is 5.60. The quantitative estimate of drug-likeness (QED) is 0.604. The molecule has 8 heteroatoms. The van der Waals surface area contributed by atoms with Crippen molar-refractivity contribution in [3.63, 3.8) is 0 Å². The molecule has 0 spiro atoms. The molecule has 2 heterocycles. The topological polar surface area (TPSA) is 75.7 Å². The Bertz CT molecular complexity index is 904. The number of hydrogen-bond acceptors (Lipinski definition) is 6. The molecule has 31 heavy (non-hydrogen) atoms. The summed E-state index contributed by atoms with van der Waals surface area (Å²) in [4.78, 5) is 18.8. The van der Waals surface area contributed by atoms with Crippen LogP contribution in [0.2, 0.25) is 0 Å². The second-order valence-corrected chi connectivity index (χ2v) is 7.20. The molecule has 1 aliphatic heterocycles. The highest BCUT2D eigenvalue weighted by atomic mass is 35.5. The predicted octanol–water partition coefficient (Wildman–Crippen LogP) is 3.49. The molecule has 3 rings (SSSR count). The van der Waals surface area contributed by atoms with Gasteiger partial charge in [-0.3, -0.25) is 4.79 Å². The van der Waals surface area contributed by atoms with E-state index in [1.54, 1.807) is 37.4 Å². The Labute approximate surface area is 190 Å². The third-order valence-electron chi connectivity index (χ3n) is 4.83. The minimum absolute atomic E-state index is 0. The van der Waals surface area contributed by atoms with Gasteiger partial charge in [-0.1, -0.05) is 19.1 Å². The van der Waals surface area contributed by atoms with Gasteiger partial charge in [0.25, 0.3) is 0 Å². The standard InChI is InChI=1S/C23H30N4O3.ClH/c1-4-12-30-22-18(6-5-7-20(22)29-3)16-27(2)21(28)9-8-17-13-19-15-24-10-11-25-23(19)26-14-17;/h5-9,13-14,24H,4,10-12,15-16H2,1-3H3,(H,25,26);1H. The highest BCUT2D eigenvalue weighted by Gasteiger charge is 2.14. The van der Waals surface area contributed by atoms with Gasteiger partial charge in [-0.25, -0.2) is 4.98 Å². The molecule has 1 aliphatic rings. The molecule has 1 aromatic carbocycles. The van der Waals surface area contributed by atoms with Crippen LogP contribution >= 0.6 is 12.4 Å². The molecule has 0 saturated carbocycles. The molecule has 0 unspecified atom stereocenters. The number of para-hydroxylation sites is 1. The van der Waals surface area contributed by atoms with E-state index in [4.69, 9.17) is 9.47 Å². The monoisotopic (exact) mass is 446 g/mol. The van der Waals surface area contributed by atoms with E-state index < -0.39 is 0 Å². The van der Waals surface area contributed by atoms with E-state index in [9.17, 15) is 4.79 Å².